The minimum Gasteiger partial charge on any atom is -0.456 e. The van der Waals surface area contributed by atoms with Crippen molar-refractivity contribution in [2.24, 2.45) is 0 Å². The van der Waals surface area contributed by atoms with E-state index >= 15 is 0 Å². The van der Waals surface area contributed by atoms with E-state index in [1.54, 1.807) is 11.8 Å². The molecule has 4 aromatic heterocycles. The Labute approximate surface area is 289 Å². The minimum atomic E-state index is 0.662. The Balaban J connectivity index is 1.29. The molecule has 0 spiro atoms. The molecule has 5 heterocycles. The van der Waals surface area contributed by atoms with Gasteiger partial charge in [0.1, 0.15) is 11.2 Å². The molecule has 0 atom stereocenters. The first kappa shape index (κ1) is 26.6. The summed E-state index contributed by atoms with van der Waals surface area (Å²) in [5.74, 6) is 0.662. The second kappa shape index (κ2) is 9.62. The molecule has 0 saturated heterocycles. The third kappa shape index (κ3) is 3.43. The molecule has 0 N–H and O–H groups in total. The number of hydrogen-bond donors (Lipinski definition) is 0. The molecule has 5 nitrogen and oxygen atoms in total. The summed E-state index contributed by atoms with van der Waals surface area (Å²) in [6, 6.07) is 51.6. The highest BCUT2D eigenvalue weighted by Gasteiger charge is 2.26. The van der Waals surface area contributed by atoms with E-state index in [1.807, 2.05) is 12.1 Å². The Morgan fingerprint density at radius 1 is 0.480 bits per heavy atom. The van der Waals surface area contributed by atoms with Crippen molar-refractivity contribution in [3.05, 3.63) is 146 Å². The lowest BCUT2D eigenvalue weighted by molar-refractivity contribution is 0.669. The second-order valence-corrected chi connectivity index (χ2v) is 14.0. The van der Waals surface area contributed by atoms with Crippen molar-refractivity contribution >= 4 is 88.2 Å². The number of aromatic nitrogens is 4. The molecule has 0 amide bonds. The monoisotopic (exact) mass is 656 g/mol. The van der Waals surface area contributed by atoms with E-state index in [0.29, 0.717) is 5.95 Å². The molecule has 0 aliphatic carbocycles. The van der Waals surface area contributed by atoms with E-state index in [1.165, 1.54) is 20.6 Å². The second-order valence-electron chi connectivity index (χ2n) is 13.0. The van der Waals surface area contributed by atoms with E-state index in [-0.39, 0.29) is 0 Å². The lowest BCUT2D eigenvalue weighted by Crippen LogP contribution is -2.06. The molecule has 50 heavy (non-hydrogen) atoms. The van der Waals surface area contributed by atoms with Crippen LogP contribution in [0, 0.1) is 0 Å². The first-order valence-electron chi connectivity index (χ1n) is 16.8. The standard InChI is InChI=1S/C44H24N4OS/c1-2-11-25(12-3-1)47-35-24-37-32(27-14-5-8-18-36(27)49-37)23-31(35)29-22-21-28-26-13-4-7-17-34(26)48(43(28)42(29)47)44-45-33-16-10-20-39-40(33)41(46-44)30-15-6-9-19-38(30)50-39/h1-24H. The molecular weight excluding hydrogens is 633 g/mol. The molecule has 0 fully saturated rings. The number of fused-ring (bicyclic) bond motifs is 12. The average molecular weight is 657 g/mol. The molecule has 0 unspecified atom stereocenters. The summed E-state index contributed by atoms with van der Waals surface area (Å²) in [6.07, 6.45) is 0. The van der Waals surface area contributed by atoms with Crippen molar-refractivity contribution in [1.82, 2.24) is 19.1 Å². The highest BCUT2D eigenvalue weighted by atomic mass is 32.2. The van der Waals surface area contributed by atoms with Gasteiger partial charge in [0.25, 0.3) is 0 Å². The van der Waals surface area contributed by atoms with Crippen LogP contribution in [0.2, 0.25) is 0 Å². The SMILES string of the molecule is c1ccc(-n2c3cc4oc5ccccc5c4cc3c3ccc4c5ccccc5n(-c5nc6c7c(cccc7n5)Sc5ccccc5-6)c4c32)cc1. The zero-order valence-electron chi connectivity index (χ0n) is 26.5. The molecule has 6 heteroatoms. The molecule has 0 saturated carbocycles. The van der Waals surface area contributed by atoms with Gasteiger partial charge in [-0.05, 0) is 48.5 Å². The maximum absolute atomic E-state index is 6.45. The highest BCUT2D eigenvalue weighted by Crippen LogP contribution is 2.48. The van der Waals surface area contributed by atoms with Crippen molar-refractivity contribution in [2.75, 3.05) is 0 Å². The zero-order chi connectivity index (χ0) is 32.5. The van der Waals surface area contributed by atoms with E-state index in [0.717, 1.165) is 82.6 Å². The predicted molar refractivity (Wildman–Crippen MR) is 205 cm³/mol. The molecule has 1 aliphatic rings. The molecule has 0 bridgehead atoms. The molecule has 232 valence electrons. The summed E-state index contributed by atoms with van der Waals surface area (Å²) in [5.41, 5.74) is 10.3. The van der Waals surface area contributed by atoms with Gasteiger partial charge in [-0.25, -0.2) is 9.97 Å². The van der Waals surface area contributed by atoms with Crippen molar-refractivity contribution in [3.8, 4) is 22.9 Å². The fourth-order valence-corrected chi connectivity index (χ4v) is 9.32. The summed E-state index contributed by atoms with van der Waals surface area (Å²) in [7, 11) is 0. The highest BCUT2D eigenvalue weighted by molar-refractivity contribution is 7.99. The third-order valence-corrected chi connectivity index (χ3v) is 11.4. The van der Waals surface area contributed by atoms with Crippen LogP contribution in [-0.2, 0) is 0 Å². The fourth-order valence-electron chi connectivity index (χ4n) is 8.21. The number of benzene rings is 7. The normalized spacial score (nSPS) is 12.7. The number of hydrogen-bond acceptors (Lipinski definition) is 4. The van der Waals surface area contributed by atoms with Crippen LogP contribution in [-0.4, -0.2) is 19.1 Å². The summed E-state index contributed by atoms with van der Waals surface area (Å²) in [4.78, 5) is 13.2. The van der Waals surface area contributed by atoms with Gasteiger partial charge in [0.15, 0.2) is 0 Å². The number of nitrogens with zero attached hydrogens (tertiary/aromatic N) is 4. The number of furan rings is 1. The number of para-hydroxylation sites is 3. The van der Waals surface area contributed by atoms with E-state index < -0.39 is 0 Å². The van der Waals surface area contributed by atoms with Crippen LogP contribution in [0.3, 0.4) is 0 Å². The quantitative estimate of drug-likeness (QED) is 0.186. The zero-order valence-corrected chi connectivity index (χ0v) is 27.3. The summed E-state index contributed by atoms with van der Waals surface area (Å²) < 4.78 is 11.1. The molecule has 12 rings (SSSR count). The largest absolute Gasteiger partial charge is 0.456 e. The van der Waals surface area contributed by atoms with Crippen molar-refractivity contribution in [3.63, 3.8) is 0 Å². The topological polar surface area (TPSA) is 48.8 Å². The fraction of sp³-hybridized carbons (Fsp3) is 0. The third-order valence-electron chi connectivity index (χ3n) is 10.3. The number of rotatable bonds is 2. The molecule has 1 aliphatic heterocycles. The Morgan fingerprint density at radius 2 is 1.22 bits per heavy atom. The Hall–Kier alpha value is -6.37. The molecular formula is C44H24N4OS. The van der Waals surface area contributed by atoms with Crippen LogP contribution >= 0.6 is 11.8 Å². The first-order valence-corrected chi connectivity index (χ1v) is 17.6. The van der Waals surface area contributed by atoms with Crippen molar-refractivity contribution in [2.45, 2.75) is 9.79 Å². The maximum atomic E-state index is 6.45. The summed E-state index contributed by atoms with van der Waals surface area (Å²) >= 11 is 1.79. The van der Waals surface area contributed by atoms with Gasteiger partial charge >= 0.3 is 0 Å². The Kier molecular flexibility index (Phi) is 5.11. The maximum Gasteiger partial charge on any atom is 0.235 e. The van der Waals surface area contributed by atoms with Gasteiger partial charge in [-0.15, -0.1) is 0 Å². The lowest BCUT2D eigenvalue weighted by Gasteiger charge is -2.20. The van der Waals surface area contributed by atoms with Crippen molar-refractivity contribution < 1.29 is 4.42 Å². The average Bonchev–Trinajstić information content (AvgIpc) is 3.81. The van der Waals surface area contributed by atoms with Crippen LogP contribution in [0.25, 0.3) is 99.3 Å². The molecule has 7 aromatic carbocycles. The van der Waals surface area contributed by atoms with Crippen LogP contribution < -0.4 is 0 Å². The van der Waals surface area contributed by atoms with Crippen LogP contribution in [0.5, 0.6) is 0 Å². The van der Waals surface area contributed by atoms with Gasteiger partial charge in [-0.3, -0.25) is 4.57 Å². The minimum absolute atomic E-state index is 0.662. The van der Waals surface area contributed by atoms with Crippen LogP contribution in [0.1, 0.15) is 0 Å². The molecule has 11 aromatic rings. The van der Waals surface area contributed by atoms with E-state index in [9.17, 15) is 0 Å². The van der Waals surface area contributed by atoms with Crippen molar-refractivity contribution in [1.29, 1.82) is 0 Å². The van der Waals surface area contributed by atoms with Gasteiger partial charge < -0.3 is 8.98 Å². The predicted octanol–water partition coefficient (Wildman–Crippen LogP) is 11.9. The summed E-state index contributed by atoms with van der Waals surface area (Å²) in [5, 5.41) is 8.01. The Morgan fingerprint density at radius 3 is 2.14 bits per heavy atom. The van der Waals surface area contributed by atoms with Gasteiger partial charge in [-0.2, -0.15) is 0 Å². The van der Waals surface area contributed by atoms with Crippen LogP contribution in [0.4, 0.5) is 0 Å². The van der Waals surface area contributed by atoms with Gasteiger partial charge in [0.2, 0.25) is 5.95 Å². The molecule has 0 radical (unpaired) electrons. The van der Waals surface area contributed by atoms with Gasteiger partial charge in [0, 0.05) is 64.8 Å². The van der Waals surface area contributed by atoms with E-state index in [4.69, 9.17) is 14.4 Å². The first-order chi connectivity index (χ1) is 24.8. The van der Waals surface area contributed by atoms with E-state index in [2.05, 4.69) is 143 Å². The van der Waals surface area contributed by atoms with Crippen LogP contribution in [0.15, 0.2) is 160 Å². The summed E-state index contributed by atoms with van der Waals surface area (Å²) in [6.45, 7) is 0. The lowest BCUT2D eigenvalue weighted by atomic mass is 10.1. The smallest absolute Gasteiger partial charge is 0.235 e. The van der Waals surface area contributed by atoms with Gasteiger partial charge in [0.05, 0.1) is 33.3 Å². The van der Waals surface area contributed by atoms with Gasteiger partial charge in [-0.1, -0.05) is 103 Å². The Bertz CT molecular complexity index is 3240.